The Morgan fingerprint density at radius 2 is 1.68 bits per heavy atom. The van der Waals surface area contributed by atoms with Crippen molar-refractivity contribution in [1.29, 1.82) is 0 Å². The van der Waals surface area contributed by atoms with Crippen LogP contribution in [0.15, 0.2) is 72.8 Å². The second-order valence-corrected chi connectivity index (χ2v) is 8.38. The van der Waals surface area contributed by atoms with Crippen molar-refractivity contribution in [2.75, 3.05) is 19.6 Å². The van der Waals surface area contributed by atoms with Crippen LogP contribution in [0.3, 0.4) is 0 Å². The van der Waals surface area contributed by atoms with Gasteiger partial charge in [-0.25, -0.2) is 0 Å². The summed E-state index contributed by atoms with van der Waals surface area (Å²) in [6.45, 7) is 2.87. The SMILES string of the molecule is O=C(O)[C@@H]1CC=CC[C@@]12CCCN(CC(c1ccccc1)c1ccccc1)C2. The lowest BCUT2D eigenvalue weighted by atomic mass is 9.64. The van der Waals surface area contributed by atoms with Crippen LogP contribution in [0.5, 0.6) is 0 Å². The summed E-state index contributed by atoms with van der Waals surface area (Å²) in [5, 5.41) is 9.83. The second kappa shape index (κ2) is 8.32. The molecule has 3 heteroatoms. The highest BCUT2D eigenvalue weighted by atomic mass is 16.4. The molecule has 2 aromatic carbocycles. The van der Waals surface area contributed by atoms with Crippen molar-refractivity contribution in [3.63, 3.8) is 0 Å². The minimum atomic E-state index is -0.631. The quantitative estimate of drug-likeness (QED) is 0.752. The van der Waals surface area contributed by atoms with Crippen LogP contribution in [0.25, 0.3) is 0 Å². The second-order valence-electron chi connectivity index (χ2n) is 8.38. The Hall–Kier alpha value is -2.39. The van der Waals surface area contributed by atoms with Crippen LogP contribution in [0.4, 0.5) is 0 Å². The van der Waals surface area contributed by atoms with Crippen LogP contribution in [0.1, 0.15) is 42.7 Å². The van der Waals surface area contributed by atoms with Crippen molar-refractivity contribution in [3.8, 4) is 0 Å². The Morgan fingerprint density at radius 1 is 1.04 bits per heavy atom. The molecule has 0 unspecified atom stereocenters. The number of carbonyl (C=O) groups is 1. The summed E-state index contributed by atoms with van der Waals surface area (Å²) < 4.78 is 0. The highest BCUT2D eigenvalue weighted by molar-refractivity contribution is 5.71. The van der Waals surface area contributed by atoms with Gasteiger partial charge < -0.3 is 10.0 Å². The van der Waals surface area contributed by atoms with Crippen molar-refractivity contribution in [1.82, 2.24) is 4.90 Å². The lowest BCUT2D eigenvalue weighted by Crippen LogP contribution is -2.50. The number of aliphatic carboxylic acids is 1. The maximum Gasteiger partial charge on any atom is 0.307 e. The largest absolute Gasteiger partial charge is 0.481 e. The zero-order valence-electron chi connectivity index (χ0n) is 16.3. The lowest BCUT2D eigenvalue weighted by Gasteiger charge is -2.47. The molecule has 1 fully saturated rings. The third-order valence-electron chi connectivity index (χ3n) is 6.63. The number of piperidine rings is 1. The van der Waals surface area contributed by atoms with Crippen LogP contribution in [0.2, 0.25) is 0 Å². The molecule has 4 rings (SSSR count). The summed E-state index contributed by atoms with van der Waals surface area (Å²) in [6.07, 6.45) is 7.92. The van der Waals surface area contributed by atoms with E-state index in [9.17, 15) is 9.90 Å². The molecule has 1 spiro atoms. The molecule has 2 aliphatic rings. The first-order valence-corrected chi connectivity index (χ1v) is 10.4. The zero-order chi connectivity index (χ0) is 19.4. The molecule has 0 bridgehead atoms. The molecule has 2 atom stereocenters. The Bertz CT molecular complexity index is 777. The third kappa shape index (κ3) is 3.90. The maximum absolute atomic E-state index is 11.9. The van der Waals surface area contributed by atoms with Gasteiger partial charge in [-0.05, 0) is 43.4 Å². The van der Waals surface area contributed by atoms with E-state index >= 15 is 0 Å². The molecule has 28 heavy (non-hydrogen) atoms. The van der Waals surface area contributed by atoms with E-state index in [1.807, 2.05) is 0 Å². The van der Waals surface area contributed by atoms with Crippen LogP contribution >= 0.6 is 0 Å². The fourth-order valence-electron chi connectivity index (χ4n) is 5.20. The molecule has 146 valence electrons. The average Bonchev–Trinajstić information content (AvgIpc) is 2.73. The monoisotopic (exact) mass is 375 g/mol. The number of carboxylic acids is 1. The molecular formula is C25H29NO2. The van der Waals surface area contributed by atoms with Crippen molar-refractivity contribution >= 4 is 5.97 Å². The Morgan fingerprint density at radius 3 is 2.29 bits per heavy atom. The van der Waals surface area contributed by atoms with E-state index in [1.165, 1.54) is 11.1 Å². The Labute approximate surface area is 167 Å². The van der Waals surface area contributed by atoms with Crippen LogP contribution in [-0.2, 0) is 4.79 Å². The number of rotatable bonds is 5. The molecular weight excluding hydrogens is 346 g/mol. The van der Waals surface area contributed by atoms with E-state index in [4.69, 9.17) is 0 Å². The van der Waals surface area contributed by atoms with Gasteiger partial charge in [0.05, 0.1) is 5.92 Å². The average molecular weight is 376 g/mol. The summed E-state index contributed by atoms with van der Waals surface area (Å²) in [4.78, 5) is 14.5. The maximum atomic E-state index is 11.9. The lowest BCUT2D eigenvalue weighted by molar-refractivity contribution is -0.149. The summed E-state index contributed by atoms with van der Waals surface area (Å²) in [5.74, 6) is -0.582. The first kappa shape index (κ1) is 18.9. The number of allylic oxidation sites excluding steroid dienone is 2. The predicted molar refractivity (Wildman–Crippen MR) is 112 cm³/mol. The van der Waals surface area contributed by atoms with Gasteiger partial charge in [0.2, 0.25) is 0 Å². The highest BCUT2D eigenvalue weighted by Gasteiger charge is 2.46. The molecule has 0 saturated carbocycles. The molecule has 0 amide bonds. The van der Waals surface area contributed by atoms with Crippen molar-refractivity contribution in [2.24, 2.45) is 11.3 Å². The van der Waals surface area contributed by atoms with E-state index in [0.717, 1.165) is 38.9 Å². The number of benzene rings is 2. The molecule has 0 aromatic heterocycles. The smallest absolute Gasteiger partial charge is 0.307 e. The van der Waals surface area contributed by atoms with E-state index in [0.29, 0.717) is 12.3 Å². The van der Waals surface area contributed by atoms with Crippen LogP contribution in [0, 0.1) is 11.3 Å². The molecule has 1 saturated heterocycles. The molecule has 1 aliphatic heterocycles. The molecule has 3 nitrogen and oxygen atoms in total. The van der Waals surface area contributed by atoms with E-state index in [-0.39, 0.29) is 11.3 Å². The fraction of sp³-hybridized carbons (Fsp3) is 0.400. The van der Waals surface area contributed by atoms with Gasteiger partial charge in [0.15, 0.2) is 0 Å². The van der Waals surface area contributed by atoms with Gasteiger partial charge in [-0.15, -0.1) is 0 Å². The van der Waals surface area contributed by atoms with Gasteiger partial charge >= 0.3 is 5.97 Å². The Balaban J connectivity index is 1.59. The van der Waals surface area contributed by atoms with Gasteiger partial charge in [-0.3, -0.25) is 4.79 Å². The van der Waals surface area contributed by atoms with Gasteiger partial charge in [-0.2, -0.15) is 0 Å². The first-order chi connectivity index (χ1) is 13.7. The number of carboxylic acid groups (broad SMARTS) is 1. The molecule has 0 radical (unpaired) electrons. The summed E-state index contributed by atoms with van der Waals surface area (Å²) >= 11 is 0. The topological polar surface area (TPSA) is 40.5 Å². The number of hydrogen-bond donors (Lipinski definition) is 1. The third-order valence-corrected chi connectivity index (χ3v) is 6.63. The number of hydrogen-bond acceptors (Lipinski definition) is 2. The van der Waals surface area contributed by atoms with Gasteiger partial charge in [0.1, 0.15) is 0 Å². The normalized spacial score (nSPS) is 25.2. The molecule has 2 aromatic rings. The van der Waals surface area contributed by atoms with Crippen molar-refractivity contribution in [2.45, 2.75) is 31.6 Å². The molecule has 1 N–H and O–H groups in total. The molecule has 1 heterocycles. The standard InChI is InChI=1S/C25H29NO2/c27-24(28)23-14-7-8-15-25(23)16-9-17-26(19-25)18-22(20-10-3-1-4-11-20)21-12-5-2-6-13-21/h1-8,10-13,22-23H,9,14-19H2,(H,27,28)/t23-,25-/m0/s1. The van der Waals surface area contributed by atoms with Gasteiger partial charge in [0, 0.05) is 24.4 Å². The number of likely N-dealkylation sites (tertiary alicyclic amines) is 1. The van der Waals surface area contributed by atoms with Gasteiger partial charge in [-0.1, -0.05) is 72.8 Å². The van der Waals surface area contributed by atoms with E-state index in [1.54, 1.807) is 0 Å². The summed E-state index contributed by atoms with van der Waals surface area (Å²) in [5.41, 5.74) is 2.54. The van der Waals surface area contributed by atoms with E-state index in [2.05, 4.69) is 77.7 Å². The number of nitrogens with zero attached hydrogens (tertiary/aromatic N) is 1. The minimum Gasteiger partial charge on any atom is -0.481 e. The summed E-state index contributed by atoms with van der Waals surface area (Å²) in [7, 11) is 0. The summed E-state index contributed by atoms with van der Waals surface area (Å²) in [6, 6.07) is 21.4. The first-order valence-electron chi connectivity index (χ1n) is 10.4. The van der Waals surface area contributed by atoms with E-state index < -0.39 is 5.97 Å². The van der Waals surface area contributed by atoms with Crippen LogP contribution in [-0.4, -0.2) is 35.6 Å². The van der Waals surface area contributed by atoms with Crippen LogP contribution < -0.4 is 0 Å². The van der Waals surface area contributed by atoms with Crippen molar-refractivity contribution in [3.05, 3.63) is 83.9 Å². The van der Waals surface area contributed by atoms with Crippen molar-refractivity contribution < 1.29 is 9.90 Å². The highest BCUT2D eigenvalue weighted by Crippen LogP contribution is 2.45. The minimum absolute atomic E-state index is 0.114. The Kier molecular flexibility index (Phi) is 5.63. The predicted octanol–water partition coefficient (Wildman–Crippen LogP) is 4.95. The zero-order valence-corrected chi connectivity index (χ0v) is 16.3. The fourth-order valence-corrected chi connectivity index (χ4v) is 5.20. The van der Waals surface area contributed by atoms with Gasteiger partial charge in [0.25, 0.3) is 0 Å². The molecule has 1 aliphatic carbocycles.